The Morgan fingerprint density at radius 3 is 2.85 bits per heavy atom. The maximum atomic E-state index is 12.7. The number of hydrogen-bond acceptors (Lipinski definition) is 2. The van der Waals surface area contributed by atoms with Gasteiger partial charge >= 0.3 is 0 Å². The summed E-state index contributed by atoms with van der Waals surface area (Å²) in [6.07, 6.45) is 5.30. The van der Waals surface area contributed by atoms with E-state index in [0.717, 1.165) is 35.7 Å². The van der Waals surface area contributed by atoms with Gasteiger partial charge in [-0.15, -0.1) is 0 Å². The summed E-state index contributed by atoms with van der Waals surface area (Å²) >= 11 is 3.49. The van der Waals surface area contributed by atoms with Crippen molar-refractivity contribution in [2.24, 2.45) is 11.7 Å². The molecule has 0 radical (unpaired) electrons. The van der Waals surface area contributed by atoms with Gasteiger partial charge in [0.2, 0.25) is 5.91 Å². The minimum atomic E-state index is -0.286. The Labute approximate surface area is 128 Å². The molecular formula is C16H21BrN2O. The van der Waals surface area contributed by atoms with Crippen molar-refractivity contribution < 1.29 is 4.79 Å². The summed E-state index contributed by atoms with van der Waals surface area (Å²) in [5, 5.41) is 3.27. The van der Waals surface area contributed by atoms with Gasteiger partial charge in [0.15, 0.2) is 0 Å². The number of nitrogens with two attached hydrogens (primary N) is 1. The summed E-state index contributed by atoms with van der Waals surface area (Å²) in [5.74, 6) is 0.651. The minimum absolute atomic E-state index is 0.195. The molecule has 2 atom stereocenters. The molecule has 2 aliphatic carbocycles. The van der Waals surface area contributed by atoms with Crippen molar-refractivity contribution in [1.29, 1.82) is 0 Å². The SMILES string of the molecule is NCC1CCCC1NC(=O)C1(c2cccc(Br)c2)CC1. The van der Waals surface area contributed by atoms with E-state index in [4.69, 9.17) is 5.73 Å². The molecule has 2 fully saturated rings. The average molecular weight is 337 g/mol. The fourth-order valence-corrected chi connectivity index (χ4v) is 3.77. The van der Waals surface area contributed by atoms with Gasteiger partial charge in [-0.1, -0.05) is 34.5 Å². The van der Waals surface area contributed by atoms with E-state index >= 15 is 0 Å². The summed E-state index contributed by atoms with van der Waals surface area (Å²) in [4.78, 5) is 12.7. The first-order valence-electron chi connectivity index (χ1n) is 7.43. The Bertz CT molecular complexity index is 513. The van der Waals surface area contributed by atoms with Gasteiger partial charge in [0, 0.05) is 10.5 Å². The highest BCUT2D eigenvalue weighted by Gasteiger charge is 2.52. The van der Waals surface area contributed by atoms with Crippen LogP contribution < -0.4 is 11.1 Å². The largest absolute Gasteiger partial charge is 0.352 e. The first-order valence-corrected chi connectivity index (χ1v) is 8.22. The van der Waals surface area contributed by atoms with E-state index in [-0.39, 0.29) is 17.4 Å². The van der Waals surface area contributed by atoms with Crippen LogP contribution in [0.1, 0.15) is 37.7 Å². The van der Waals surface area contributed by atoms with E-state index in [9.17, 15) is 4.79 Å². The summed E-state index contributed by atoms with van der Waals surface area (Å²) in [6.45, 7) is 0.675. The van der Waals surface area contributed by atoms with Crippen LogP contribution in [0.5, 0.6) is 0 Å². The highest BCUT2D eigenvalue weighted by Crippen LogP contribution is 2.49. The van der Waals surface area contributed by atoms with E-state index < -0.39 is 0 Å². The second kappa shape index (κ2) is 5.49. The normalized spacial score (nSPS) is 27.3. The van der Waals surface area contributed by atoms with E-state index in [1.807, 2.05) is 12.1 Å². The summed E-state index contributed by atoms with van der Waals surface area (Å²) in [7, 11) is 0. The molecule has 20 heavy (non-hydrogen) atoms. The van der Waals surface area contributed by atoms with E-state index in [0.29, 0.717) is 12.5 Å². The maximum Gasteiger partial charge on any atom is 0.230 e. The molecule has 0 saturated heterocycles. The Morgan fingerprint density at radius 1 is 1.40 bits per heavy atom. The molecule has 4 heteroatoms. The number of rotatable bonds is 4. The topological polar surface area (TPSA) is 55.1 Å². The van der Waals surface area contributed by atoms with Crippen molar-refractivity contribution in [3.63, 3.8) is 0 Å². The summed E-state index contributed by atoms with van der Waals surface area (Å²) < 4.78 is 1.04. The van der Waals surface area contributed by atoms with Crippen LogP contribution in [0.2, 0.25) is 0 Å². The zero-order valence-electron chi connectivity index (χ0n) is 11.6. The second-order valence-corrected chi connectivity index (χ2v) is 7.01. The quantitative estimate of drug-likeness (QED) is 0.888. The molecule has 3 rings (SSSR count). The molecule has 2 unspecified atom stereocenters. The lowest BCUT2D eigenvalue weighted by atomic mass is 9.94. The third-order valence-electron chi connectivity index (χ3n) is 4.84. The predicted molar refractivity (Wildman–Crippen MR) is 83.4 cm³/mol. The molecule has 3 N–H and O–H groups in total. The van der Waals surface area contributed by atoms with Crippen molar-refractivity contribution in [2.45, 2.75) is 43.6 Å². The van der Waals surface area contributed by atoms with Crippen LogP contribution in [0.4, 0.5) is 0 Å². The minimum Gasteiger partial charge on any atom is -0.352 e. The van der Waals surface area contributed by atoms with Gasteiger partial charge in [0.25, 0.3) is 0 Å². The highest BCUT2D eigenvalue weighted by atomic mass is 79.9. The molecule has 3 nitrogen and oxygen atoms in total. The number of halogens is 1. The molecule has 1 aromatic carbocycles. The Hall–Kier alpha value is -0.870. The molecule has 0 heterocycles. The third-order valence-corrected chi connectivity index (χ3v) is 5.33. The lowest BCUT2D eigenvalue weighted by Gasteiger charge is -2.23. The van der Waals surface area contributed by atoms with Crippen molar-refractivity contribution in [3.8, 4) is 0 Å². The smallest absolute Gasteiger partial charge is 0.230 e. The molecule has 0 aliphatic heterocycles. The van der Waals surface area contributed by atoms with E-state index in [1.54, 1.807) is 0 Å². The van der Waals surface area contributed by atoms with Gasteiger partial charge in [-0.2, -0.15) is 0 Å². The standard InChI is InChI=1S/C16H21BrN2O/c17-13-5-2-4-12(9-13)16(7-8-16)15(20)19-14-6-1-3-11(14)10-18/h2,4-5,9,11,14H,1,3,6-8,10,18H2,(H,19,20). The van der Waals surface area contributed by atoms with Gasteiger partial charge in [0.1, 0.15) is 0 Å². The van der Waals surface area contributed by atoms with Crippen LogP contribution >= 0.6 is 15.9 Å². The molecule has 2 saturated carbocycles. The van der Waals surface area contributed by atoms with Crippen molar-refractivity contribution in [1.82, 2.24) is 5.32 Å². The van der Waals surface area contributed by atoms with E-state index in [2.05, 4.69) is 33.4 Å². The van der Waals surface area contributed by atoms with Gasteiger partial charge in [-0.05, 0) is 55.8 Å². The molecule has 1 amide bonds. The zero-order valence-corrected chi connectivity index (χ0v) is 13.2. The molecule has 0 spiro atoms. The van der Waals surface area contributed by atoms with Gasteiger partial charge < -0.3 is 11.1 Å². The molecule has 0 bridgehead atoms. The molecule has 108 valence electrons. The summed E-state index contributed by atoms with van der Waals surface area (Å²) in [5.41, 5.74) is 6.64. The van der Waals surface area contributed by atoms with Crippen LogP contribution in [-0.2, 0) is 10.2 Å². The number of carbonyl (C=O) groups is 1. The molecule has 2 aliphatic rings. The fraction of sp³-hybridized carbons (Fsp3) is 0.562. The fourth-order valence-electron chi connectivity index (χ4n) is 3.37. The van der Waals surface area contributed by atoms with Crippen molar-refractivity contribution >= 4 is 21.8 Å². The van der Waals surface area contributed by atoms with Crippen LogP contribution in [0.15, 0.2) is 28.7 Å². The lowest BCUT2D eigenvalue weighted by molar-refractivity contribution is -0.124. The van der Waals surface area contributed by atoms with Crippen molar-refractivity contribution in [3.05, 3.63) is 34.3 Å². The second-order valence-electron chi connectivity index (χ2n) is 6.10. The number of benzene rings is 1. The zero-order chi connectivity index (χ0) is 14.2. The lowest BCUT2D eigenvalue weighted by Crippen LogP contribution is -2.44. The van der Waals surface area contributed by atoms with Gasteiger partial charge in [-0.25, -0.2) is 0 Å². The van der Waals surface area contributed by atoms with E-state index in [1.165, 1.54) is 6.42 Å². The molecule has 1 aromatic rings. The van der Waals surface area contributed by atoms with Gasteiger partial charge in [0.05, 0.1) is 5.41 Å². The number of carbonyl (C=O) groups excluding carboxylic acids is 1. The van der Waals surface area contributed by atoms with Crippen LogP contribution in [0.25, 0.3) is 0 Å². The highest BCUT2D eigenvalue weighted by molar-refractivity contribution is 9.10. The summed E-state index contributed by atoms with van der Waals surface area (Å²) in [6, 6.07) is 8.41. The Kier molecular flexibility index (Phi) is 3.87. The maximum absolute atomic E-state index is 12.7. The van der Waals surface area contributed by atoms with Crippen LogP contribution in [0, 0.1) is 5.92 Å². The first kappa shape index (κ1) is 14.1. The molecular weight excluding hydrogens is 316 g/mol. The monoisotopic (exact) mass is 336 g/mol. The Balaban J connectivity index is 1.74. The third kappa shape index (κ3) is 2.51. The van der Waals surface area contributed by atoms with Crippen LogP contribution in [0.3, 0.4) is 0 Å². The number of nitrogens with one attached hydrogen (secondary N) is 1. The first-order chi connectivity index (χ1) is 9.65. The van der Waals surface area contributed by atoms with Gasteiger partial charge in [-0.3, -0.25) is 4.79 Å². The average Bonchev–Trinajstić information content (AvgIpc) is 3.14. The Morgan fingerprint density at radius 2 is 2.20 bits per heavy atom. The molecule has 0 aromatic heterocycles. The number of hydrogen-bond donors (Lipinski definition) is 2. The predicted octanol–water partition coefficient (Wildman–Crippen LogP) is 2.72. The number of amides is 1. The van der Waals surface area contributed by atoms with Crippen molar-refractivity contribution in [2.75, 3.05) is 6.54 Å². The van der Waals surface area contributed by atoms with Crippen LogP contribution in [-0.4, -0.2) is 18.5 Å².